The second-order valence-electron chi connectivity index (χ2n) is 4.79. The number of aromatic carboxylic acids is 1. The van der Waals surface area contributed by atoms with E-state index in [1.165, 1.54) is 0 Å². The molecule has 0 fully saturated rings. The van der Waals surface area contributed by atoms with Crippen molar-refractivity contribution in [3.63, 3.8) is 0 Å². The Morgan fingerprint density at radius 1 is 1.24 bits per heavy atom. The average molecular weight is 304 g/mol. The molecule has 0 aliphatic rings. The van der Waals surface area contributed by atoms with E-state index in [1.807, 2.05) is 17.5 Å². The Morgan fingerprint density at radius 3 is 2.48 bits per heavy atom. The molecule has 21 heavy (non-hydrogen) atoms. The van der Waals surface area contributed by atoms with Crippen LogP contribution in [0.3, 0.4) is 0 Å². The smallest absolute Gasteiger partial charge is 0.335 e. The molecule has 1 N–H and O–H groups in total. The van der Waals surface area contributed by atoms with Gasteiger partial charge in [0.25, 0.3) is 0 Å². The van der Waals surface area contributed by atoms with Gasteiger partial charge in [-0.15, -0.1) is 11.3 Å². The topological polar surface area (TPSA) is 53.4 Å². The predicted molar refractivity (Wildman–Crippen MR) is 86.0 cm³/mol. The summed E-state index contributed by atoms with van der Waals surface area (Å²) in [6, 6.07) is 6.86. The Morgan fingerprint density at radius 2 is 1.90 bits per heavy atom. The number of carboxylic acids is 1. The Hall–Kier alpha value is -1.72. The molecular weight excluding hydrogens is 284 g/mol. The zero-order valence-electron chi connectivity index (χ0n) is 12.4. The maximum atomic E-state index is 10.8. The van der Waals surface area contributed by atoms with E-state index in [0.717, 1.165) is 42.3 Å². The van der Waals surface area contributed by atoms with Crippen LogP contribution in [-0.2, 0) is 6.42 Å². The van der Waals surface area contributed by atoms with Crippen molar-refractivity contribution in [1.29, 1.82) is 0 Å². The summed E-state index contributed by atoms with van der Waals surface area (Å²) in [5, 5.41) is 12.1. The molecule has 2 rings (SSSR count). The number of rotatable bonds is 7. The summed E-state index contributed by atoms with van der Waals surface area (Å²) in [5.74, 6) is -0.903. The Bertz CT molecular complexity index is 589. The fourth-order valence-corrected chi connectivity index (χ4v) is 2.93. The summed E-state index contributed by atoms with van der Waals surface area (Å²) < 4.78 is 0. The first-order chi connectivity index (χ1) is 10.1. The zero-order valence-corrected chi connectivity index (χ0v) is 13.2. The Labute approximate surface area is 129 Å². The van der Waals surface area contributed by atoms with E-state index in [9.17, 15) is 4.79 Å². The van der Waals surface area contributed by atoms with E-state index in [4.69, 9.17) is 5.11 Å². The first kappa shape index (κ1) is 15.7. The van der Waals surface area contributed by atoms with E-state index in [2.05, 4.69) is 23.7 Å². The molecule has 0 bridgehead atoms. The van der Waals surface area contributed by atoms with Crippen molar-refractivity contribution in [2.24, 2.45) is 0 Å². The number of carbonyl (C=O) groups is 1. The highest BCUT2D eigenvalue weighted by Crippen LogP contribution is 2.22. The molecule has 1 aromatic heterocycles. The van der Waals surface area contributed by atoms with Crippen LogP contribution in [0.15, 0.2) is 29.6 Å². The number of nitrogens with zero attached hydrogens (tertiary/aromatic N) is 2. The fourth-order valence-electron chi connectivity index (χ4n) is 2.14. The number of likely N-dealkylation sites (N-methyl/N-ethyl adjacent to an activating group) is 1. The van der Waals surface area contributed by atoms with Crippen molar-refractivity contribution in [3.8, 4) is 11.3 Å². The van der Waals surface area contributed by atoms with Gasteiger partial charge in [0.1, 0.15) is 0 Å². The van der Waals surface area contributed by atoms with Gasteiger partial charge in [0.2, 0.25) is 0 Å². The lowest BCUT2D eigenvalue weighted by Gasteiger charge is -2.16. The number of aromatic nitrogens is 1. The molecule has 0 spiro atoms. The maximum absolute atomic E-state index is 10.8. The molecule has 112 valence electrons. The zero-order chi connectivity index (χ0) is 15.2. The van der Waals surface area contributed by atoms with Gasteiger partial charge in [-0.2, -0.15) is 0 Å². The second-order valence-corrected chi connectivity index (χ2v) is 5.73. The molecule has 5 heteroatoms. The van der Waals surface area contributed by atoms with Gasteiger partial charge in [-0.3, -0.25) is 0 Å². The van der Waals surface area contributed by atoms with Gasteiger partial charge >= 0.3 is 5.97 Å². The van der Waals surface area contributed by atoms with E-state index < -0.39 is 5.97 Å². The fraction of sp³-hybridized carbons (Fsp3) is 0.375. The van der Waals surface area contributed by atoms with Crippen LogP contribution in [0.4, 0.5) is 0 Å². The average Bonchev–Trinajstić information content (AvgIpc) is 2.97. The predicted octanol–water partition coefficient (Wildman–Crippen LogP) is 3.39. The van der Waals surface area contributed by atoms with E-state index in [-0.39, 0.29) is 0 Å². The number of thiazole rings is 1. The number of hydrogen-bond acceptors (Lipinski definition) is 4. The highest BCUT2D eigenvalue weighted by molar-refractivity contribution is 7.09. The van der Waals surface area contributed by atoms with Crippen LogP contribution in [-0.4, -0.2) is 40.6 Å². The lowest BCUT2D eigenvalue weighted by atomic mass is 10.1. The molecule has 0 atom stereocenters. The standard InChI is InChI=1S/C16H20N2O2S/c1-3-18(4-2)10-9-15-17-14(11-21-15)12-5-7-13(8-6-12)16(19)20/h5-8,11H,3-4,9-10H2,1-2H3,(H,19,20). The van der Waals surface area contributed by atoms with Gasteiger partial charge in [-0.25, -0.2) is 9.78 Å². The van der Waals surface area contributed by atoms with Crippen molar-refractivity contribution >= 4 is 17.3 Å². The normalized spacial score (nSPS) is 11.0. The van der Waals surface area contributed by atoms with Crippen molar-refractivity contribution in [1.82, 2.24) is 9.88 Å². The summed E-state index contributed by atoms with van der Waals surface area (Å²) in [4.78, 5) is 17.9. The van der Waals surface area contributed by atoms with Crippen LogP contribution in [0.5, 0.6) is 0 Å². The van der Waals surface area contributed by atoms with Crippen LogP contribution in [0.25, 0.3) is 11.3 Å². The van der Waals surface area contributed by atoms with Crippen LogP contribution in [0, 0.1) is 0 Å². The molecule has 0 aliphatic carbocycles. The lowest BCUT2D eigenvalue weighted by molar-refractivity contribution is 0.0697. The van der Waals surface area contributed by atoms with Gasteiger partial charge < -0.3 is 10.0 Å². The third-order valence-corrected chi connectivity index (χ3v) is 4.42. The second kappa shape index (κ2) is 7.33. The number of hydrogen-bond donors (Lipinski definition) is 1. The molecule has 1 heterocycles. The van der Waals surface area contributed by atoms with Crippen LogP contribution >= 0.6 is 11.3 Å². The first-order valence-corrected chi connectivity index (χ1v) is 8.02. The minimum Gasteiger partial charge on any atom is -0.478 e. The molecule has 2 aromatic rings. The van der Waals surface area contributed by atoms with Crippen molar-refractivity contribution in [3.05, 3.63) is 40.2 Å². The molecular formula is C16H20N2O2S. The summed E-state index contributed by atoms with van der Waals surface area (Å²) in [6.45, 7) is 7.48. The highest BCUT2D eigenvalue weighted by Gasteiger charge is 2.08. The van der Waals surface area contributed by atoms with Gasteiger partial charge in [0.05, 0.1) is 16.3 Å². The van der Waals surface area contributed by atoms with Crippen molar-refractivity contribution in [2.45, 2.75) is 20.3 Å². The summed E-state index contributed by atoms with van der Waals surface area (Å²) >= 11 is 1.66. The third kappa shape index (κ3) is 4.12. The number of benzene rings is 1. The van der Waals surface area contributed by atoms with Gasteiger partial charge in [0, 0.05) is 23.9 Å². The molecule has 4 nitrogen and oxygen atoms in total. The highest BCUT2D eigenvalue weighted by atomic mass is 32.1. The minimum absolute atomic E-state index is 0.302. The largest absolute Gasteiger partial charge is 0.478 e. The molecule has 0 aliphatic heterocycles. The molecule has 0 saturated carbocycles. The number of carboxylic acid groups (broad SMARTS) is 1. The molecule has 0 saturated heterocycles. The van der Waals surface area contributed by atoms with E-state index >= 15 is 0 Å². The van der Waals surface area contributed by atoms with Crippen molar-refractivity contribution in [2.75, 3.05) is 19.6 Å². The van der Waals surface area contributed by atoms with Crippen LogP contribution in [0.2, 0.25) is 0 Å². The van der Waals surface area contributed by atoms with E-state index in [1.54, 1.807) is 23.5 Å². The molecule has 0 radical (unpaired) electrons. The minimum atomic E-state index is -0.903. The van der Waals surface area contributed by atoms with E-state index in [0.29, 0.717) is 5.56 Å². The third-order valence-electron chi connectivity index (χ3n) is 3.52. The molecule has 0 unspecified atom stereocenters. The first-order valence-electron chi connectivity index (χ1n) is 7.14. The molecule has 1 aromatic carbocycles. The lowest BCUT2D eigenvalue weighted by Crippen LogP contribution is -2.25. The summed E-state index contributed by atoms with van der Waals surface area (Å²) in [7, 11) is 0. The SMILES string of the molecule is CCN(CC)CCc1nc(-c2ccc(C(=O)O)cc2)cs1. The molecule has 0 amide bonds. The van der Waals surface area contributed by atoms with Crippen molar-refractivity contribution < 1.29 is 9.90 Å². The van der Waals surface area contributed by atoms with Crippen LogP contribution in [0.1, 0.15) is 29.2 Å². The Balaban J connectivity index is 2.03. The maximum Gasteiger partial charge on any atom is 0.335 e. The quantitative estimate of drug-likeness (QED) is 0.852. The van der Waals surface area contributed by atoms with Crippen LogP contribution < -0.4 is 0 Å². The van der Waals surface area contributed by atoms with Gasteiger partial charge in [0.15, 0.2) is 0 Å². The summed E-state index contributed by atoms with van der Waals surface area (Å²) in [5.41, 5.74) is 2.19. The van der Waals surface area contributed by atoms with Gasteiger partial charge in [-0.05, 0) is 25.2 Å². The van der Waals surface area contributed by atoms with Gasteiger partial charge in [-0.1, -0.05) is 26.0 Å². The summed E-state index contributed by atoms with van der Waals surface area (Å²) in [6.07, 6.45) is 0.958. The Kier molecular flexibility index (Phi) is 5.47. The monoisotopic (exact) mass is 304 g/mol.